The van der Waals surface area contributed by atoms with Crippen molar-refractivity contribution in [1.82, 2.24) is 9.71 Å². The van der Waals surface area contributed by atoms with E-state index in [2.05, 4.69) is 30.4 Å². The standard InChI is InChI=1S/C7H10BrN3O2S/c1-5-3-7(10-4-6(5)8)11-14(12,13)9-2/h3-4,9H,1-2H3,(H,10,11). The topological polar surface area (TPSA) is 71.1 Å². The second-order valence-corrected chi connectivity index (χ2v) is 5.10. The highest BCUT2D eigenvalue weighted by Gasteiger charge is 2.07. The number of anilines is 1. The lowest BCUT2D eigenvalue weighted by molar-refractivity contribution is 0.593. The largest absolute Gasteiger partial charge is 0.300 e. The molecule has 0 aliphatic heterocycles. The van der Waals surface area contributed by atoms with E-state index >= 15 is 0 Å². The zero-order valence-corrected chi connectivity index (χ0v) is 10.1. The Kier molecular flexibility index (Phi) is 3.46. The normalized spacial score (nSPS) is 11.4. The summed E-state index contributed by atoms with van der Waals surface area (Å²) in [7, 11) is -2.15. The van der Waals surface area contributed by atoms with E-state index in [1.807, 2.05) is 6.92 Å². The molecule has 1 heterocycles. The summed E-state index contributed by atoms with van der Waals surface area (Å²) >= 11 is 3.27. The number of hydrogen-bond donors (Lipinski definition) is 2. The minimum Gasteiger partial charge on any atom is -0.255 e. The van der Waals surface area contributed by atoms with Gasteiger partial charge in [0.05, 0.1) is 0 Å². The molecule has 0 fully saturated rings. The van der Waals surface area contributed by atoms with E-state index in [4.69, 9.17) is 0 Å². The van der Waals surface area contributed by atoms with E-state index in [1.54, 1.807) is 12.3 Å². The van der Waals surface area contributed by atoms with E-state index < -0.39 is 10.2 Å². The Morgan fingerprint density at radius 1 is 1.50 bits per heavy atom. The summed E-state index contributed by atoms with van der Waals surface area (Å²) in [5.41, 5.74) is 0.911. The Morgan fingerprint density at radius 3 is 2.64 bits per heavy atom. The van der Waals surface area contributed by atoms with Gasteiger partial charge in [0.25, 0.3) is 10.2 Å². The first-order chi connectivity index (χ1) is 6.44. The fourth-order valence-electron chi connectivity index (χ4n) is 0.784. The number of hydrogen-bond acceptors (Lipinski definition) is 3. The van der Waals surface area contributed by atoms with Crippen molar-refractivity contribution in [2.45, 2.75) is 6.92 Å². The van der Waals surface area contributed by atoms with Crippen LogP contribution in [0.3, 0.4) is 0 Å². The smallest absolute Gasteiger partial charge is 0.255 e. The van der Waals surface area contributed by atoms with Crippen LogP contribution >= 0.6 is 15.9 Å². The summed E-state index contributed by atoms with van der Waals surface area (Å²) in [5, 5.41) is 0. The van der Waals surface area contributed by atoms with Crippen LogP contribution in [0.4, 0.5) is 5.82 Å². The summed E-state index contributed by atoms with van der Waals surface area (Å²) in [6.07, 6.45) is 1.54. The maximum absolute atomic E-state index is 11.1. The van der Waals surface area contributed by atoms with Crippen molar-refractivity contribution in [2.75, 3.05) is 11.8 Å². The molecule has 0 aromatic carbocycles. The molecule has 1 rings (SSSR count). The third-order valence-electron chi connectivity index (χ3n) is 1.55. The average molecular weight is 280 g/mol. The van der Waals surface area contributed by atoms with Crippen LogP contribution in [0.1, 0.15) is 5.56 Å². The molecule has 0 saturated carbocycles. The highest BCUT2D eigenvalue weighted by atomic mass is 79.9. The van der Waals surface area contributed by atoms with Crippen LogP contribution in [0.2, 0.25) is 0 Å². The lowest BCUT2D eigenvalue weighted by Gasteiger charge is -2.06. The van der Waals surface area contributed by atoms with Crippen molar-refractivity contribution in [1.29, 1.82) is 0 Å². The van der Waals surface area contributed by atoms with Gasteiger partial charge in [-0.2, -0.15) is 8.42 Å². The summed E-state index contributed by atoms with van der Waals surface area (Å²) in [6.45, 7) is 1.85. The SMILES string of the molecule is CNS(=O)(=O)Nc1cc(C)c(Br)cn1. The van der Waals surface area contributed by atoms with Gasteiger partial charge in [0.15, 0.2) is 0 Å². The van der Waals surface area contributed by atoms with Gasteiger partial charge in [-0.3, -0.25) is 4.72 Å². The Morgan fingerprint density at radius 2 is 2.14 bits per heavy atom. The van der Waals surface area contributed by atoms with Gasteiger partial charge in [-0.15, -0.1) is 0 Å². The quantitative estimate of drug-likeness (QED) is 0.868. The number of pyridine rings is 1. The summed E-state index contributed by atoms with van der Waals surface area (Å²) in [5.74, 6) is 0.292. The second kappa shape index (κ2) is 4.24. The molecule has 0 amide bonds. The maximum atomic E-state index is 11.1. The zero-order chi connectivity index (χ0) is 10.8. The molecular weight excluding hydrogens is 270 g/mol. The maximum Gasteiger partial charge on any atom is 0.300 e. The fourth-order valence-corrected chi connectivity index (χ4v) is 1.49. The van der Waals surface area contributed by atoms with Gasteiger partial charge in [-0.25, -0.2) is 9.71 Å². The zero-order valence-electron chi connectivity index (χ0n) is 7.70. The molecule has 0 spiro atoms. The first-order valence-electron chi connectivity index (χ1n) is 3.78. The van der Waals surface area contributed by atoms with Crippen LogP contribution in [0.25, 0.3) is 0 Å². The number of nitrogens with zero attached hydrogens (tertiary/aromatic N) is 1. The van der Waals surface area contributed by atoms with Gasteiger partial charge in [-0.1, -0.05) is 0 Å². The van der Waals surface area contributed by atoms with Gasteiger partial charge in [0, 0.05) is 17.7 Å². The van der Waals surface area contributed by atoms with E-state index in [0.29, 0.717) is 5.82 Å². The minimum atomic E-state index is -3.48. The van der Waals surface area contributed by atoms with Crippen molar-refractivity contribution in [3.8, 4) is 0 Å². The number of aromatic nitrogens is 1. The van der Waals surface area contributed by atoms with Gasteiger partial charge >= 0.3 is 0 Å². The van der Waals surface area contributed by atoms with E-state index in [-0.39, 0.29) is 0 Å². The molecule has 0 aliphatic carbocycles. The predicted octanol–water partition coefficient (Wildman–Crippen LogP) is 1.03. The molecule has 0 radical (unpaired) electrons. The molecule has 0 aliphatic rings. The molecule has 1 aromatic rings. The molecule has 78 valence electrons. The van der Waals surface area contributed by atoms with Gasteiger partial charge in [0.2, 0.25) is 0 Å². The first-order valence-corrected chi connectivity index (χ1v) is 6.05. The molecule has 0 unspecified atom stereocenters. The monoisotopic (exact) mass is 279 g/mol. The lowest BCUT2D eigenvalue weighted by atomic mass is 10.3. The Balaban J connectivity index is 2.94. The molecule has 0 atom stereocenters. The highest BCUT2D eigenvalue weighted by molar-refractivity contribution is 9.10. The lowest BCUT2D eigenvalue weighted by Crippen LogP contribution is -2.26. The molecule has 7 heteroatoms. The second-order valence-electron chi connectivity index (χ2n) is 2.63. The van der Waals surface area contributed by atoms with Crippen LogP contribution < -0.4 is 9.44 Å². The Labute approximate surface area is 91.2 Å². The van der Waals surface area contributed by atoms with Crippen LogP contribution in [0, 0.1) is 6.92 Å². The van der Waals surface area contributed by atoms with Crippen molar-refractivity contribution < 1.29 is 8.42 Å². The molecule has 5 nitrogen and oxygen atoms in total. The molecule has 2 N–H and O–H groups in total. The van der Waals surface area contributed by atoms with E-state index in [9.17, 15) is 8.42 Å². The van der Waals surface area contributed by atoms with Crippen LogP contribution in [-0.2, 0) is 10.2 Å². The van der Waals surface area contributed by atoms with Gasteiger partial charge < -0.3 is 0 Å². The third kappa shape index (κ3) is 2.93. The summed E-state index contributed by atoms with van der Waals surface area (Å²) in [4.78, 5) is 3.90. The molecule has 0 saturated heterocycles. The molecule has 1 aromatic heterocycles. The summed E-state index contributed by atoms with van der Waals surface area (Å²) in [6, 6.07) is 1.64. The molecule has 0 bridgehead atoms. The van der Waals surface area contributed by atoms with Gasteiger partial charge in [-0.05, 0) is 34.5 Å². The number of nitrogens with one attached hydrogen (secondary N) is 2. The summed E-state index contributed by atoms with van der Waals surface area (Å²) < 4.78 is 27.4. The Bertz CT molecular complexity index is 433. The van der Waals surface area contributed by atoms with E-state index in [1.165, 1.54) is 7.05 Å². The van der Waals surface area contributed by atoms with Crippen molar-refractivity contribution >= 4 is 32.0 Å². The van der Waals surface area contributed by atoms with Gasteiger partial charge in [0.1, 0.15) is 5.82 Å². The number of aryl methyl sites for hydroxylation is 1. The van der Waals surface area contributed by atoms with Crippen LogP contribution in [-0.4, -0.2) is 20.4 Å². The number of rotatable bonds is 3. The first kappa shape index (κ1) is 11.4. The van der Waals surface area contributed by atoms with Crippen molar-refractivity contribution in [3.05, 3.63) is 22.3 Å². The van der Waals surface area contributed by atoms with Crippen LogP contribution in [0.15, 0.2) is 16.7 Å². The average Bonchev–Trinajstić information content (AvgIpc) is 2.11. The predicted molar refractivity (Wildman–Crippen MR) is 58.3 cm³/mol. The molecule has 14 heavy (non-hydrogen) atoms. The highest BCUT2D eigenvalue weighted by Crippen LogP contribution is 2.17. The van der Waals surface area contributed by atoms with Crippen molar-refractivity contribution in [3.63, 3.8) is 0 Å². The number of halogens is 1. The Hall–Kier alpha value is -0.660. The fraction of sp³-hybridized carbons (Fsp3) is 0.286. The van der Waals surface area contributed by atoms with Crippen molar-refractivity contribution in [2.24, 2.45) is 0 Å². The van der Waals surface area contributed by atoms with Crippen LogP contribution in [0.5, 0.6) is 0 Å². The molecular formula is C7H10BrN3O2S. The third-order valence-corrected chi connectivity index (χ3v) is 3.40. The minimum absolute atomic E-state index is 0.292. The van der Waals surface area contributed by atoms with E-state index in [0.717, 1.165) is 10.0 Å².